The van der Waals surface area contributed by atoms with Crippen LogP contribution in [0, 0.1) is 17.6 Å². The first kappa shape index (κ1) is 54.7. The van der Waals surface area contributed by atoms with Gasteiger partial charge in [0.25, 0.3) is 5.92 Å². The van der Waals surface area contributed by atoms with Crippen LogP contribution in [-0.4, -0.2) is 81.7 Å². The van der Waals surface area contributed by atoms with Gasteiger partial charge in [-0.2, -0.15) is 49.6 Å². The zero-order valence-corrected chi connectivity index (χ0v) is 42.0. The standard InChI is InChI=1S/C48H42ClF10N7O7S2/c1-23-36-38-42(48(57,58)59)62-64(43(38)47(55,56)39(23)36)21-34(68)61-33(18-25-16-26(50)20-27(51)17-25)40-30(11-8-28(60-40)14-15-45(2,3)74(4,70)71)31-12-13-32(49)37-41(31)65(22-46(52,53)54)63-44(37)66(75(5,72)73)35(69)19-24-6-9-29(67)10-7-24/h6-13,16-17,20,33,36,39,67H,1,14-15,18-19,21-22H2,2-5H3,(H,61,68)/t33-,36+,39+/m0/s1. The second kappa shape index (κ2) is 18.9. The maximum Gasteiger partial charge on any atom is 0.435 e. The Bertz CT molecular complexity index is 3540. The Morgan fingerprint density at radius 1 is 0.893 bits per heavy atom. The molecule has 2 amide bonds. The van der Waals surface area contributed by atoms with E-state index in [0.29, 0.717) is 17.0 Å². The lowest BCUT2D eigenvalue weighted by atomic mass is 9.93. The summed E-state index contributed by atoms with van der Waals surface area (Å²) in [5, 5.41) is 18.6. The van der Waals surface area contributed by atoms with Crippen molar-refractivity contribution in [3.63, 3.8) is 0 Å². The third-order valence-electron chi connectivity index (χ3n) is 13.1. The molecule has 2 N–H and O–H groups in total. The fraction of sp³-hybridized carbons (Fsp3) is 0.354. The molecule has 1 fully saturated rings. The van der Waals surface area contributed by atoms with E-state index in [9.17, 15) is 66.7 Å². The predicted octanol–water partition coefficient (Wildman–Crippen LogP) is 9.28. The molecule has 1 saturated carbocycles. The number of fused-ring (bicyclic) bond motifs is 4. The van der Waals surface area contributed by atoms with Crippen LogP contribution < -0.4 is 9.62 Å². The normalized spacial score (nSPS) is 17.0. The van der Waals surface area contributed by atoms with Crippen LogP contribution in [-0.2, 0) is 73.9 Å². The summed E-state index contributed by atoms with van der Waals surface area (Å²) in [7, 11) is -8.53. The minimum atomic E-state index is -5.27. The van der Waals surface area contributed by atoms with Gasteiger partial charge in [0.2, 0.25) is 21.8 Å². The summed E-state index contributed by atoms with van der Waals surface area (Å²) in [6, 6.07) is 10.2. The van der Waals surface area contributed by atoms with Crippen LogP contribution in [0.1, 0.15) is 71.7 Å². The van der Waals surface area contributed by atoms with Crippen molar-refractivity contribution in [1.82, 2.24) is 29.9 Å². The third-order valence-corrected chi connectivity index (χ3v) is 16.6. The molecule has 400 valence electrons. The molecule has 3 heterocycles. The van der Waals surface area contributed by atoms with Crippen molar-refractivity contribution in [2.45, 2.75) is 87.6 Å². The number of carbonyl (C=O) groups excluding carboxylic acids is 2. The zero-order valence-electron chi connectivity index (χ0n) is 39.6. The van der Waals surface area contributed by atoms with Gasteiger partial charge in [0, 0.05) is 40.6 Å². The summed E-state index contributed by atoms with van der Waals surface area (Å²) in [4.78, 5) is 33.0. The SMILES string of the molecule is C=C1[C@@H]2c3c(C(F)(F)F)nn(CC(=O)N[C@@H](Cc4cc(F)cc(F)c4)c4nc(CCC(C)(C)S(C)(=O)=O)ccc4-c4ccc(Cl)c5c(N(C(=O)Cc6ccc(O)cc6)S(C)(=O)=O)nn(CC(F)(F)F)c45)c3C(F)(F)[C@H]12. The van der Waals surface area contributed by atoms with Crippen molar-refractivity contribution >= 4 is 60.0 Å². The van der Waals surface area contributed by atoms with Crippen molar-refractivity contribution < 1.29 is 75.4 Å². The topological polar surface area (TPSA) is 186 Å². The molecule has 8 rings (SSSR count). The van der Waals surface area contributed by atoms with E-state index in [4.69, 9.17) is 16.6 Å². The fourth-order valence-corrected chi connectivity index (χ4v) is 10.8. The van der Waals surface area contributed by atoms with Crippen LogP contribution >= 0.6 is 11.6 Å². The van der Waals surface area contributed by atoms with E-state index in [1.54, 1.807) is 0 Å². The number of phenols is 1. The van der Waals surface area contributed by atoms with Gasteiger partial charge in [-0.1, -0.05) is 48.0 Å². The summed E-state index contributed by atoms with van der Waals surface area (Å²) in [6.07, 6.45) is -10.5. The largest absolute Gasteiger partial charge is 0.508 e. The Balaban J connectivity index is 1.34. The van der Waals surface area contributed by atoms with Crippen LogP contribution in [0.2, 0.25) is 5.02 Å². The van der Waals surface area contributed by atoms with E-state index in [1.165, 1.54) is 50.2 Å². The molecule has 2 aliphatic carbocycles. The van der Waals surface area contributed by atoms with Gasteiger partial charge in [0.1, 0.15) is 36.2 Å². The zero-order chi connectivity index (χ0) is 55.3. The molecule has 75 heavy (non-hydrogen) atoms. The number of halogens is 11. The van der Waals surface area contributed by atoms with Crippen LogP contribution in [0.4, 0.5) is 49.7 Å². The third kappa shape index (κ3) is 10.8. The summed E-state index contributed by atoms with van der Waals surface area (Å²) >= 11 is 6.70. The number of aryl methyl sites for hydroxylation is 1. The Labute approximate surface area is 426 Å². The lowest BCUT2D eigenvalue weighted by Gasteiger charge is -2.25. The fourth-order valence-electron chi connectivity index (χ4n) is 9.25. The lowest BCUT2D eigenvalue weighted by Crippen LogP contribution is -2.38. The van der Waals surface area contributed by atoms with E-state index in [0.717, 1.165) is 30.5 Å². The van der Waals surface area contributed by atoms with Crippen LogP contribution in [0.5, 0.6) is 5.75 Å². The predicted molar refractivity (Wildman–Crippen MR) is 253 cm³/mol. The first-order valence-electron chi connectivity index (χ1n) is 22.3. The molecule has 0 aliphatic heterocycles. The number of nitrogens with zero attached hydrogens (tertiary/aromatic N) is 6. The quantitative estimate of drug-likeness (QED) is 0.0699. The molecule has 0 unspecified atom stereocenters. The number of phenolic OH excluding ortho intramolecular Hbond substituents is 1. The monoisotopic (exact) mass is 1120 g/mol. The number of amides is 2. The van der Waals surface area contributed by atoms with E-state index in [-0.39, 0.29) is 66.8 Å². The van der Waals surface area contributed by atoms with Gasteiger partial charge in [0.05, 0.1) is 51.0 Å². The number of nitrogens with one attached hydrogen (secondary N) is 1. The van der Waals surface area contributed by atoms with Crippen LogP contribution in [0.15, 0.2) is 78.9 Å². The number of pyridine rings is 1. The van der Waals surface area contributed by atoms with E-state index in [1.807, 2.05) is 0 Å². The van der Waals surface area contributed by atoms with Crippen LogP contribution in [0.25, 0.3) is 22.0 Å². The van der Waals surface area contributed by atoms with Gasteiger partial charge in [-0.25, -0.2) is 25.6 Å². The van der Waals surface area contributed by atoms with Gasteiger partial charge < -0.3 is 10.4 Å². The molecule has 27 heteroatoms. The van der Waals surface area contributed by atoms with Gasteiger partial charge in [-0.05, 0) is 80.6 Å². The summed E-state index contributed by atoms with van der Waals surface area (Å²) in [5.41, 5.74) is -5.47. The number of aromatic hydroxyl groups is 1. The highest BCUT2D eigenvalue weighted by Gasteiger charge is 2.71. The first-order valence-corrected chi connectivity index (χ1v) is 26.4. The van der Waals surface area contributed by atoms with Crippen LogP contribution in [0.3, 0.4) is 0 Å². The highest BCUT2D eigenvalue weighted by atomic mass is 35.5. The minimum Gasteiger partial charge on any atom is -0.508 e. The first-order chi connectivity index (χ1) is 34.6. The molecular weight excluding hydrogens is 1080 g/mol. The van der Waals surface area contributed by atoms with Crippen molar-refractivity contribution in [1.29, 1.82) is 0 Å². The van der Waals surface area contributed by atoms with Gasteiger partial charge >= 0.3 is 12.4 Å². The number of alkyl halides is 8. The van der Waals surface area contributed by atoms with Gasteiger partial charge in [0.15, 0.2) is 21.3 Å². The molecule has 14 nitrogen and oxygen atoms in total. The summed E-state index contributed by atoms with van der Waals surface area (Å²) < 4.78 is 200. The molecule has 3 aromatic heterocycles. The molecule has 0 radical (unpaired) electrons. The molecule has 3 atom stereocenters. The number of allylic oxidation sites excluding steroid dienone is 1. The number of aromatic nitrogens is 5. The Kier molecular flexibility index (Phi) is 13.8. The highest BCUT2D eigenvalue weighted by molar-refractivity contribution is 7.93. The highest BCUT2D eigenvalue weighted by Crippen LogP contribution is 2.71. The van der Waals surface area contributed by atoms with E-state index < -0.39 is 149 Å². The molecular formula is C48H42ClF10N7O7S2. The number of carbonyl (C=O) groups is 2. The molecule has 0 bridgehead atoms. The van der Waals surface area contributed by atoms with Gasteiger partial charge in [-0.15, -0.1) is 0 Å². The molecule has 3 aromatic carbocycles. The maximum absolute atomic E-state index is 15.8. The van der Waals surface area contributed by atoms with Crippen molar-refractivity contribution in [2.24, 2.45) is 5.92 Å². The second-order valence-corrected chi connectivity index (χ2v) is 23.9. The maximum atomic E-state index is 15.8. The van der Waals surface area contributed by atoms with E-state index >= 15 is 8.78 Å². The number of sulfonamides is 1. The Hall–Kier alpha value is -6.54. The molecule has 6 aromatic rings. The Morgan fingerprint density at radius 2 is 1.52 bits per heavy atom. The van der Waals surface area contributed by atoms with E-state index in [2.05, 4.69) is 22.1 Å². The summed E-state index contributed by atoms with van der Waals surface area (Å²) in [6.45, 7) is 3.01. The number of hydrogen-bond donors (Lipinski definition) is 2. The van der Waals surface area contributed by atoms with Gasteiger partial charge in [-0.3, -0.25) is 23.9 Å². The Morgan fingerprint density at radius 3 is 2.11 bits per heavy atom. The summed E-state index contributed by atoms with van der Waals surface area (Å²) in [5.74, 6) is -13.0. The van der Waals surface area contributed by atoms with Crippen molar-refractivity contribution in [3.05, 3.63) is 135 Å². The van der Waals surface area contributed by atoms with Crippen molar-refractivity contribution in [3.8, 4) is 16.9 Å². The smallest absolute Gasteiger partial charge is 0.435 e. The minimum absolute atomic E-state index is 0.0479. The molecule has 2 aliphatic rings. The average molecular weight is 1120 g/mol. The average Bonchev–Trinajstić information content (AvgIpc) is 3.47. The molecule has 0 saturated heterocycles. The number of rotatable bonds is 16. The molecule has 0 spiro atoms. The number of hydrogen-bond acceptors (Lipinski definition) is 10. The second-order valence-electron chi connectivity index (χ2n) is 19.0. The number of benzene rings is 3. The van der Waals surface area contributed by atoms with Crippen molar-refractivity contribution in [2.75, 3.05) is 16.8 Å². The number of sulfone groups is 1. The number of anilines is 1. The lowest BCUT2D eigenvalue weighted by molar-refractivity contribution is -0.142.